The quantitative estimate of drug-likeness (QED) is 0.348. The molecule has 0 bridgehead atoms. The van der Waals surface area contributed by atoms with E-state index in [-0.39, 0.29) is 17.8 Å². The third kappa shape index (κ3) is 6.04. The second kappa shape index (κ2) is 10.8. The van der Waals surface area contributed by atoms with Crippen molar-refractivity contribution in [3.8, 4) is 11.4 Å². The van der Waals surface area contributed by atoms with Crippen LogP contribution in [0.25, 0.3) is 16.9 Å². The van der Waals surface area contributed by atoms with Crippen LogP contribution in [0.2, 0.25) is 0 Å². The molecule has 0 saturated heterocycles. The van der Waals surface area contributed by atoms with E-state index in [2.05, 4.69) is 15.0 Å². The lowest BCUT2D eigenvalue weighted by Gasteiger charge is -2.11. The lowest BCUT2D eigenvalue weighted by Crippen LogP contribution is -2.20. The number of hydrogen-bond acceptors (Lipinski definition) is 7. The van der Waals surface area contributed by atoms with Crippen molar-refractivity contribution in [2.45, 2.75) is 12.8 Å². The molecule has 0 radical (unpaired) electrons. The van der Waals surface area contributed by atoms with Crippen LogP contribution in [0, 0.1) is 0 Å². The molecule has 0 atom stereocenters. The zero-order chi connectivity index (χ0) is 24.8. The molecule has 8 nitrogen and oxygen atoms in total. The first kappa shape index (κ1) is 24.0. The minimum Gasteiger partial charge on any atom is -0.497 e. The molecule has 0 unspecified atom stereocenters. The molecular weight excluding hydrogens is 442 g/mol. The number of ketones is 1. The van der Waals surface area contributed by atoms with Gasteiger partial charge in [0.1, 0.15) is 17.1 Å². The average molecular weight is 470 g/mol. The van der Waals surface area contributed by atoms with Crippen molar-refractivity contribution in [2.24, 2.45) is 0 Å². The van der Waals surface area contributed by atoms with Crippen LogP contribution in [-0.4, -0.2) is 58.0 Å². The summed E-state index contributed by atoms with van der Waals surface area (Å²) in [6.45, 7) is 0.697. The van der Waals surface area contributed by atoms with Crippen LogP contribution in [0.15, 0.2) is 77.9 Å². The van der Waals surface area contributed by atoms with Gasteiger partial charge in [-0.15, -0.1) is 0 Å². The number of nitrogens with zero attached hydrogens (tertiary/aromatic N) is 5. The summed E-state index contributed by atoms with van der Waals surface area (Å²) in [4.78, 5) is 40.5. The maximum Gasteiger partial charge on any atom is 0.275 e. The number of carbonyl (C=O) groups excluding carboxylic acids is 1. The molecule has 0 aliphatic heterocycles. The summed E-state index contributed by atoms with van der Waals surface area (Å²) in [6, 6.07) is 15.0. The fourth-order valence-electron chi connectivity index (χ4n) is 3.67. The van der Waals surface area contributed by atoms with E-state index in [9.17, 15) is 9.59 Å². The molecular formula is C27H27N5O3. The molecule has 4 aromatic rings. The lowest BCUT2D eigenvalue weighted by atomic mass is 10.1. The maximum absolute atomic E-state index is 12.9. The monoisotopic (exact) mass is 469 g/mol. The van der Waals surface area contributed by atoms with Gasteiger partial charge in [0.15, 0.2) is 11.4 Å². The van der Waals surface area contributed by atoms with Gasteiger partial charge in [-0.25, -0.2) is 15.0 Å². The van der Waals surface area contributed by atoms with Gasteiger partial charge >= 0.3 is 0 Å². The standard InChI is InChI=1S/C27H27N5O3/c1-31(2)13-5-8-22(33)15-20-6-4-7-21(14-20)32-26(34)18-28-24-17-29-25(30-27(24)32)16-19-9-11-23(35-3)12-10-19/h4-12,14,17-18H,13,15-16H2,1-3H3/b8-5+. The number of fused-ring (bicyclic) bond motifs is 1. The first-order valence-electron chi connectivity index (χ1n) is 11.2. The van der Waals surface area contributed by atoms with Crippen LogP contribution in [0.3, 0.4) is 0 Å². The number of rotatable bonds is 9. The van der Waals surface area contributed by atoms with Gasteiger partial charge in [-0.1, -0.05) is 30.3 Å². The molecule has 178 valence electrons. The summed E-state index contributed by atoms with van der Waals surface area (Å²) in [6.07, 6.45) is 7.06. The van der Waals surface area contributed by atoms with E-state index in [0.717, 1.165) is 16.9 Å². The molecule has 8 heteroatoms. The summed E-state index contributed by atoms with van der Waals surface area (Å²) in [5.41, 5.74) is 3.08. The van der Waals surface area contributed by atoms with Crippen LogP contribution >= 0.6 is 0 Å². The Morgan fingerprint density at radius 3 is 2.60 bits per heavy atom. The van der Waals surface area contributed by atoms with Crippen molar-refractivity contribution in [1.82, 2.24) is 24.4 Å². The molecule has 4 rings (SSSR count). The predicted octanol–water partition coefficient (Wildman–Crippen LogP) is 3.00. The maximum atomic E-state index is 12.9. The fourth-order valence-corrected chi connectivity index (χ4v) is 3.67. The Bertz CT molecular complexity index is 1430. The Morgan fingerprint density at radius 2 is 1.86 bits per heavy atom. The number of hydrogen-bond donors (Lipinski definition) is 0. The summed E-state index contributed by atoms with van der Waals surface area (Å²) >= 11 is 0. The molecule has 0 spiro atoms. The number of likely N-dealkylation sites (N-methyl/N-ethyl adjacent to an activating group) is 1. The zero-order valence-electron chi connectivity index (χ0n) is 20.0. The molecule has 0 fully saturated rings. The van der Waals surface area contributed by atoms with Crippen molar-refractivity contribution in [2.75, 3.05) is 27.7 Å². The molecule has 2 aromatic carbocycles. The average Bonchev–Trinajstić information content (AvgIpc) is 2.84. The number of aromatic nitrogens is 4. The normalized spacial score (nSPS) is 11.4. The summed E-state index contributed by atoms with van der Waals surface area (Å²) < 4.78 is 6.72. The van der Waals surface area contributed by atoms with Crippen LogP contribution in [0.5, 0.6) is 5.75 Å². The largest absolute Gasteiger partial charge is 0.497 e. The van der Waals surface area contributed by atoms with Crippen molar-refractivity contribution >= 4 is 16.9 Å². The Labute approximate surface area is 203 Å². The second-order valence-corrected chi connectivity index (χ2v) is 8.43. The molecule has 0 aliphatic carbocycles. The van der Waals surface area contributed by atoms with Crippen LogP contribution < -0.4 is 10.3 Å². The van der Waals surface area contributed by atoms with Crippen molar-refractivity contribution in [1.29, 1.82) is 0 Å². The molecule has 0 N–H and O–H groups in total. The smallest absolute Gasteiger partial charge is 0.275 e. The van der Waals surface area contributed by atoms with Crippen molar-refractivity contribution in [3.05, 3.63) is 100 Å². The van der Waals surface area contributed by atoms with E-state index >= 15 is 0 Å². The van der Waals surface area contributed by atoms with E-state index in [1.54, 1.807) is 19.4 Å². The van der Waals surface area contributed by atoms with Crippen molar-refractivity contribution in [3.63, 3.8) is 0 Å². The van der Waals surface area contributed by atoms with Gasteiger partial charge < -0.3 is 9.64 Å². The van der Waals surface area contributed by atoms with E-state index in [4.69, 9.17) is 4.74 Å². The highest BCUT2D eigenvalue weighted by Gasteiger charge is 2.12. The summed E-state index contributed by atoms with van der Waals surface area (Å²) in [7, 11) is 5.52. The molecule has 0 aliphatic rings. The topological polar surface area (TPSA) is 90.2 Å². The van der Waals surface area contributed by atoms with E-state index in [1.165, 1.54) is 10.8 Å². The SMILES string of the molecule is COc1ccc(Cc2ncc3ncc(=O)n(-c4cccc(CC(=O)/C=C/CN(C)C)c4)c3n2)cc1. The molecule has 0 saturated carbocycles. The third-order valence-electron chi connectivity index (χ3n) is 5.39. The lowest BCUT2D eigenvalue weighted by molar-refractivity contribution is -0.114. The number of carbonyl (C=O) groups is 1. The number of ether oxygens (including phenoxy) is 1. The summed E-state index contributed by atoms with van der Waals surface area (Å²) in [5.74, 6) is 1.35. The zero-order valence-corrected chi connectivity index (χ0v) is 20.0. The number of benzene rings is 2. The van der Waals surface area contributed by atoms with E-state index < -0.39 is 0 Å². The number of methoxy groups -OCH3 is 1. The molecule has 2 heterocycles. The first-order valence-corrected chi connectivity index (χ1v) is 11.2. The minimum atomic E-state index is -0.305. The van der Waals surface area contributed by atoms with Gasteiger partial charge in [0, 0.05) is 19.4 Å². The number of allylic oxidation sites excluding steroid dienone is 1. The highest BCUT2D eigenvalue weighted by atomic mass is 16.5. The summed E-state index contributed by atoms with van der Waals surface area (Å²) in [5, 5.41) is 0. The minimum absolute atomic E-state index is 0.0000335. The van der Waals surface area contributed by atoms with Crippen LogP contribution in [0.1, 0.15) is 17.0 Å². The predicted molar refractivity (Wildman–Crippen MR) is 135 cm³/mol. The van der Waals surface area contributed by atoms with E-state index in [1.807, 2.05) is 73.6 Å². The molecule has 2 aromatic heterocycles. The first-order chi connectivity index (χ1) is 16.9. The highest BCUT2D eigenvalue weighted by molar-refractivity contribution is 5.91. The molecule has 35 heavy (non-hydrogen) atoms. The molecule has 0 amide bonds. The van der Waals surface area contributed by atoms with Crippen molar-refractivity contribution < 1.29 is 9.53 Å². The van der Waals surface area contributed by atoms with Gasteiger partial charge in [-0.3, -0.25) is 14.2 Å². The highest BCUT2D eigenvalue weighted by Crippen LogP contribution is 2.17. The fraction of sp³-hybridized carbons (Fsp3) is 0.222. The van der Waals surface area contributed by atoms with Gasteiger partial charge in [-0.05, 0) is 55.6 Å². The van der Waals surface area contributed by atoms with Crippen LogP contribution in [0.4, 0.5) is 0 Å². The second-order valence-electron chi connectivity index (χ2n) is 8.43. The Balaban J connectivity index is 1.65. The Kier molecular flexibility index (Phi) is 7.42. The van der Waals surface area contributed by atoms with Gasteiger partial charge in [0.25, 0.3) is 5.56 Å². The Hall–Kier alpha value is -4.17. The van der Waals surface area contributed by atoms with Crippen LogP contribution in [-0.2, 0) is 17.6 Å². The van der Waals surface area contributed by atoms with E-state index in [0.29, 0.717) is 35.6 Å². The van der Waals surface area contributed by atoms with Gasteiger partial charge in [0.05, 0.1) is 25.2 Å². The van der Waals surface area contributed by atoms with Gasteiger partial charge in [0.2, 0.25) is 0 Å². The van der Waals surface area contributed by atoms with Gasteiger partial charge in [-0.2, -0.15) is 0 Å². The third-order valence-corrected chi connectivity index (χ3v) is 5.39. The Morgan fingerprint density at radius 1 is 1.06 bits per heavy atom.